The first-order valence-corrected chi connectivity index (χ1v) is 14.4. The summed E-state index contributed by atoms with van der Waals surface area (Å²) in [5.74, 6) is -3.56. The van der Waals surface area contributed by atoms with Crippen LogP contribution in [0.1, 0.15) is 70.4 Å². The van der Waals surface area contributed by atoms with Crippen molar-refractivity contribution in [2.24, 2.45) is 5.41 Å². The minimum Gasteiger partial charge on any atom is -0.490 e. The molecule has 0 aliphatic carbocycles. The number of hydrogen-bond acceptors (Lipinski definition) is 6. The molecule has 4 rings (SSSR count). The van der Waals surface area contributed by atoms with Gasteiger partial charge in [0.1, 0.15) is 17.5 Å². The van der Waals surface area contributed by atoms with E-state index in [1.54, 1.807) is 39.8 Å². The molecule has 0 radical (unpaired) electrons. The van der Waals surface area contributed by atoms with Gasteiger partial charge in [0.05, 0.1) is 23.5 Å². The predicted octanol–water partition coefficient (Wildman–Crippen LogP) is 7.25. The van der Waals surface area contributed by atoms with Gasteiger partial charge < -0.3 is 25.2 Å². The molecule has 7 nitrogen and oxygen atoms in total. The number of pyridine rings is 1. The summed E-state index contributed by atoms with van der Waals surface area (Å²) in [5.41, 5.74) is 7.35. The van der Waals surface area contributed by atoms with Crippen molar-refractivity contribution in [3.05, 3.63) is 70.7 Å². The number of carbonyl (C=O) groups is 1. The van der Waals surface area contributed by atoms with E-state index < -0.39 is 29.3 Å². The van der Waals surface area contributed by atoms with Crippen LogP contribution < -0.4 is 15.4 Å². The lowest BCUT2D eigenvalue weighted by atomic mass is 9.82. The molecule has 1 saturated heterocycles. The van der Waals surface area contributed by atoms with Crippen molar-refractivity contribution in [1.29, 1.82) is 0 Å². The predicted molar refractivity (Wildman–Crippen MR) is 161 cm³/mol. The van der Waals surface area contributed by atoms with Crippen LogP contribution in [0.3, 0.4) is 0 Å². The Labute approximate surface area is 250 Å². The number of aliphatic carboxylic acids is 1. The van der Waals surface area contributed by atoms with Crippen LogP contribution in [0.5, 0.6) is 5.75 Å². The second kappa shape index (κ2) is 12.4. The van der Waals surface area contributed by atoms with E-state index in [1.807, 2.05) is 4.90 Å². The number of ether oxygens (including phenoxy) is 2. The average Bonchev–Trinajstić information content (AvgIpc) is 2.90. The first-order valence-electron chi connectivity index (χ1n) is 14.4. The normalized spacial score (nSPS) is 15.8. The Bertz CT molecular complexity index is 1480. The standard InChI is InChI=1S/C33H40F3N3O4/c1-19-26(29(31(40)41)43-32(2,3)4)28(39-14-12-33(5,6)13-15-39)27(30(37)38-19)22-17-24(36)25(18-23(22)35)42-16-11-20-7-9-21(34)10-8-20/h7-10,17-18,29H,11-16H2,1-6H3,(H2,37,38)(H,40,41). The summed E-state index contributed by atoms with van der Waals surface area (Å²) < 4.78 is 56.1. The Balaban J connectivity index is 1.81. The van der Waals surface area contributed by atoms with Gasteiger partial charge >= 0.3 is 5.97 Å². The fraction of sp³-hybridized carbons (Fsp3) is 0.455. The number of halogens is 3. The van der Waals surface area contributed by atoms with E-state index in [-0.39, 0.29) is 46.1 Å². The Hall–Kier alpha value is -3.79. The largest absolute Gasteiger partial charge is 0.490 e. The molecule has 232 valence electrons. The number of rotatable bonds is 9. The van der Waals surface area contributed by atoms with Crippen molar-refractivity contribution in [3.63, 3.8) is 0 Å². The molecule has 10 heteroatoms. The van der Waals surface area contributed by atoms with Gasteiger partial charge in [0.15, 0.2) is 17.7 Å². The fourth-order valence-electron chi connectivity index (χ4n) is 5.31. The molecule has 1 unspecified atom stereocenters. The zero-order valence-electron chi connectivity index (χ0n) is 25.6. The molecule has 1 aliphatic heterocycles. The van der Waals surface area contributed by atoms with Gasteiger partial charge in [-0.25, -0.2) is 22.9 Å². The van der Waals surface area contributed by atoms with Gasteiger partial charge in [-0.3, -0.25) is 0 Å². The summed E-state index contributed by atoms with van der Waals surface area (Å²) in [4.78, 5) is 19.0. The van der Waals surface area contributed by atoms with E-state index in [0.29, 0.717) is 30.9 Å². The maximum Gasteiger partial charge on any atom is 0.337 e. The molecule has 0 saturated carbocycles. The third-order valence-electron chi connectivity index (χ3n) is 7.67. The molecular formula is C33H40F3N3O4. The van der Waals surface area contributed by atoms with Gasteiger partial charge in [0.2, 0.25) is 0 Å². The first-order chi connectivity index (χ1) is 20.1. The molecule has 3 N–H and O–H groups in total. The van der Waals surface area contributed by atoms with Gasteiger partial charge in [0.25, 0.3) is 0 Å². The zero-order chi connectivity index (χ0) is 31.7. The molecule has 1 aromatic heterocycles. The Kier molecular flexibility index (Phi) is 9.30. The van der Waals surface area contributed by atoms with E-state index in [4.69, 9.17) is 15.2 Å². The van der Waals surface area contributed by atoms with Gasteiger partial charge in [-0.05, 0) is 69.7 Å². The third kappa shape index (κ3) is 7.60. The minimum absolute atomic E-state index is 0.0406. The van der Waals surface area contributed by atoms with Gasteiger partial charge in [-0.1, -0.05) is 26.0 Å². The number of aryl methyl sites for hydroxylation is 1. The van der Waals surface area contributed by atoms with Crippen LogP contribution in [0, 0.1) is 29.8 Å². The van der Waals surface area contributed by atoms with Crippen LogP contribution in [-0.4, -0.2) is 41.4 Å². The van der Waals surface area contributed by atoms with Crippen molar-refractivity contribution in [1.82, 2.24) is 4.98 Å². The molecule has 0 amide bonds. The molecule has 2 aromatic carbocycles. The summed E-state index contributed by atoms with van der Waals surface area (Å²) in [6.07, 6.45) is 0.519. The minimum atomic E-state index is -1.43. The lowest BCUT2D eigenvalue weighted by Gasteiger charge is -2.41. The maximum atomic E-state index is 15.9. The second-order valence-corrected chi connectivity index (χ2v) is 12.8. The van der Waals surface area contributed by atoms with Gasteiger partial charge in [-0.2, -0.15) is 0 Å². The molecule has 2 heterocycles. The highest BCUT2D eigenvalue weighted by atomic mass is 19.1. The number of piperidine rings is 1. The number of carboxylic acid groups (broad SMARTS) is 1. The van der Waals surface area contributed by atoms with Crippen molar-refractivity contribution < 1.29 is 32.5 Å². The summed E-state index contributed by atoms with van der Waals surface area (Å²) in [7, 11) is 0. The van der Waals surface area contributed by atoms with Gasteiger partial charge in [-0.15, -0.1) is 0 Å². The lowest BCUT2D eigenvalue weighted by Crippen LogP contribution is -2.39. The summed E-state index contributed by atoms with van der Waals surface area (Å²) >= 11 is 0. The highest BCUT2D eigenvalue weighted by Gasteiger charge is 2.37. The van der Waals surface area contributed by atoms with Crippen LogP contribution in [-0.2, 0) is 16.0 Å². The topological polar surface area (TPSA) is 97.9 Å². The van der Waals surface area contributed by atoms with Crippen molar-refractivity contribution in [3.8, 4) is 16.9 Å². The summed E-state index contributed by atoms with van der Waals surface area (Å²) in [5, 5.41) is 10.3. The van der Waals surface area contributed by atoms with Crippen LogP contribution >= 0.6 is 0 Å². The monoisotopic (exact) mass is 599 g/mol. The average molecular weight is 600 g/mol. The van der Waals surface area contributed by atoms with Crippen LogP contribution in [0.25, 0.3) is 11.1 Å². The number of aromatic nitrogens is 1. The van der Waals surface area contributed by atoms with Crippen LogP contribution in [0.4, 0.5) is 24.7 Å². The number of carboxylic acids is 1. The lowest BCUT2D eigenvalue weighted by molar-refractivity contribution is -0.160. The van der Waals surface area contributed by atoms with Crippen molar-refractivity contribution in [2.45, 2.75) is 72.5 Å². The Morgan fingerprint density at radius 3 is 2.30 bits per heavy atom. The molecule has 0 spiro atoms. The molecule has 3 aromatic rings. The van der Waals surface area contributed by atoms with E-state index >= 15 is 8.78 Å². The quantitative estimate of drug-likeness (QED) is 0.267. The highest BCUT2D eigenvalue weighted by molar-refractivity contribution is 5.92. The van der Waals surface area contributed by atoms with Gasteiger partial charge in [0, 0.05) is 42.4 Å². The number of benzene rings is 2. The molecular weight excluding hydrogens is 559 g/mol. The summed E-state index contributed by atoms with van der Waals surface area (Å²) in [6.45, 7) is 12.3. The Morgan fingerprint density at radius 1 is 1.09 bits per heavy atom. The SMILES string of the molecule is Cc1nc(N)c(-c2cc(F)c(OCCc3ccc(F)cc3)cc2F)c(N2CCC(C)(C)CC2)c1C(OC(C)(C)C)C(=O)O. The molecule has 1 fully saturated rings. The van der Waals surface area contributed by atoms with E-state index in [2.05, 4.69) is 18.8 Å². The van der Waals surface area contributed by atoms with Crippen molar-refractivity contribution in [2.75, 3.05) is 30.3 Å². The number of nitrogen functional groups attached to an aromatic ring is 1. The fourth-order valence-corrected chi connectivity index (χ4v) is 5.31. The zero-order valence-corrected chi connectivity index (χ0v) is 25.6. The molecule has 1 aliphatic rings. The first kappa shape index (κ1) is 32.1. The van der Waals surface area contributed by atoms with Crippen LogP contribution in [0.15, 0.2) is 36.4 Å². The number of nitrogens with two attached hydrogens (primary N) is 1. The maximum absolute atomic E-state index is 15.9. The van der Waals surface area contributed by atoms with Crippen LogP contribution in [0.2, 0.25) is 0 Å². The van der Waals surface area contributed by atoms with E-state index in [0.717, 1.165) is 30.5 Å². The molecule has 43 heavy (non-hydrogen) atoms. The highest BCUT2D eigenvalue weighted by Crippen LogP contribution is 2.47. The second-order valence-electron chi connectivity index (χ2n) is 12.8. The number of nitrogens with zero attached hydrogens (tertiary/aromatic N) is 2. The Morgan fingerprint density at radius 2 is 1.72 bits per heavy atom. The van der Waals surface area contributed by atoms with Crippen molar-refractivity contribution >= 4 is 17.5 Å². The smallest absolute Gasteiger partial charge is 0.337 e. The summed E-state index contributed by atoms with van der Waals surface area (Å²) in [6, 6.07) is 7.80. The number of hydrogen-bond donors (Lipinski definition) is 2. The number of anilines is 2. The molecule has 0 bridgehead atoms. The third-order valence-corrected chi connectivity index (χ3v) is 7.67. The van der Waals surface area contributed by atoms with E-state index in [1.165, 1.54) is 12.1 Å². The van der Waals surface area contributed by atoms with E-state index in [9.17, 15) is 14.3 Å². The molecule has 1 atom stereocenters.